The average molecular weight is 378 g/mol. The highest BCUT2D eigenvalue weighted by Gasteiger charge is 2.27. The molecule has 28 heavy (non-hydrogen) atoms. The van der Waals surface area contributed by atoms with Gasteiger partial charge >= 0.3 is 0 Å². The van der Waals surface area contributed by atoms with Crippen LogP contribution in [0.15, 0.2) is 59.1 Å². The van der Waals surface area contributed by atoms with Crippen LogP contribution in [-0.2, 0) is 19.4 Å². The van der Waals surface area contributed by atoms with Crippen molar-refractivity contribution < 1.29 is 9.26 Å². The highest BCUT2D eigenvalue weighted by molar-refractivity contribution is 5.36. The van der Waals surface area contributed by atoms with E-state index in [9.17, 15) is 0 Å². The molecule has 1 saturated heterocycles. The van der Waals surface area contributed by atoms with Crippen molar-refractivity contribution in [3.05, 3.63) is 77.4 Å². The van der Waals surface area contributed by atoms with E-state index in [2.05, 4.69) is 56.8 Å². The number of hydrogen-bond acceptors (Lipinski definition) is 6. The van der Waals surface area contributed by atoms with Crippen molar-refractivity contribution in [1.82, 2.24) is 20.4 Å². The summed E-state index contributed by atoms with van der Waals surface area (Å²) < 4.78 is 11.1. The van der Waals surface area contributed by atoms with Crippen molar-refractivity contribution in [1.29, 1.82) is 0 Å². The van der Waals surface area contributed by atoms with Gasteiger partial charge in [0.1, 0.15) is 5.75 Å². The first-order valence-electron chi connectivity index (χ1n) is 9.76. The van der Waals surface area contributed by atoms with Crippen molar-refractivity contribution >= 4 is 0 Å². The van der Waals surface area contributed by atoms with Crippen LogP contribution in [0.25, 0.3) is 0 Å². The van der Waals surface area contributed by atoms with Crippen molar-refractivity contribution in [2.45, 2.75) is 25.4 Å². The van der Waals surface area contributed by atoms with Gasteiger partial charge in [-0.2, -0.15) is 4.98 Å². The second-order valence-electron chi connectivity index (χ2n) is 7.02. The Morgan fingerprint density at radius 2 is 1.93 bits per heavy atom. The van der Waals surface area contributed by atoms with E-state index >= 15 is 0 Å². The van der Waals surface area contributed by atoms with Gasteiger partial charge in [0.25, 0.3) is 0 Å². The first-order chi connectivity index (χ1) is 13.8. The Hall–Kier alpha value is -2.70. The molecule has 4 rings (SSSR count). The van der Waals surface area contributed by atoms with Gasteiger partial charge in [0.2, 0.25) is 5.89 Å². The van der Waals surface area contributed by atoms with Crippen LogP contribution < -0.4 is 10.1 Å². The summed E-state index contributed by atoms with van der Waals surface area (Å²) in [6.07, 6.45) is 1.70. The topological polar surface area (TPSA) is 63.4 Å². The molecule has 0 spiro atoms. The average Bonchev–Trinajstić information content (AvgIpc) is 3.21. The second kappa shape index (κ2) is 8.99. The van der Waals surface area contributed by atoms with Crippen LogP contribution in [0.2, 0.25) is 0 Å². The molecule has 1 aliphatic rings. The molecular formula is C22H26N4O2. The molecule has 1 aliphatic heterocycles. The lowest BCUT2D eigenvalue weighted by atomic mass is 10.0. The molecule has 6 heteroatoms. The number of benzene rings is 2. The fourth-order valence-corrected chi connectivity index (χ4v) is 3.71. The van der Waals surface area contributed by atoms with E-state index in [-0.39, 0.29) is 6.04 Å². The van der Waals surface area contributed by atoms with Gasteiger partial charge in [0.15, 0.2) is 5.82 Å². The SMILES string of the molecule is COc1ccccc1C1CNCCN1Cc1nc(CCc2ccccc2)no1. The van der Waals surface area contributed by atoms with E-state index < -0.39 is 0 Å². The molecule has 1 atom stereocenters. The molecule has 1 fully saturated rings. The van der Waals surface area contributed by atoms with Crippen LogP contribution in [0.5, 0.6) is 5.75 Å². The lowest BCUT2D eigenvalue weighted by molar-refractivity contribution is 0.133. The molecule has 2 aromatic carbocycles. The Kier molecular flexibility index (Phi) is 5.99. The molecule has 3 aromatic rings. The van der Waals surface area contributed by atoms with Crippen LogP contribution in [0.4, 0.5) is 0 Å². The molecule has 0 radical (unpaired) electrons. The number of para-hydroxylation sites is 1. The number of hydrogen-bond donors (Lipinski definition) is 1. The van der Waals surface area contributed by atoms with Crippen molar-refractivity contribution in [3.63, 3.8) is 0 Å². The van der Waals surface area contributed by atoms with Crippen molar-refractivity contribution in [3.8, 4) is 5.75 Å². The third-order valence-electron chi connectivity index (χ3n) is 5.18. The van der Waals surface area contributed by atoms with E-state index in [4.69, 9.17) is 9.26 Å². The molecule has 1 unspecified atom stereocenters. The molecule has 1 N–H and O–H groups in total. The van der Waals surface area contributed by atoms with Crippen LogP contribution in [0.3, 0.4) is 0 Å². The largest absolute Gasteiger partial charge is 0.496 e. The third kappa shape index (κ3) is 4.40. The fraction of sp³-hybridized carbons (Fsp3) is 0.364. The predicted molar refractivity (Wildman–Crippen MR) is 107 cm³/mol. The van der Waals surface area contributed by atoms with E-state index in [1.165, 1.54) is 11.1 Å². The number of nitrogens with zero attached hydrogens (tertiary/aromatic N) is 3. The number of aromatic nitrogens is 2. The summed E-state index contributed by atoms with van der Waals surface area (Å²) in [5, 5.41) is 7.66. The fourth-order valence-electron chi connectivity index (χ4n) is 3.71. The van der Waals surface area contributed by atoms with Crippen molar-refractivity contribution in [2.24, 2.45) is 0 Å². The summed E-state index contributed by atoms with van der Waals surface area (Å²) in [5.74, 6) is 2.35. The van der Waals surface area contributed by atoms with Gasteiger partial charge in [0.05, 0.1) is 19.7 Å². The third-order valence-corrected chi connectivity index (χ3v) is 5.18. The molecule has 6 nitrogen and oxygen atoms in total. The normalized spacial score (nSPS) is 17.5. The molecule has 0 bridgehead atoms. The van der Waals surface area contributed by atoms with Crippen LogP contribution in [0.1, 0.15) is 28.9 Å². The van der Waals surface area contributed by atoms with E-state index in [1.807, 2.05) is 18.2 Å². The van der Waals surface area contributed by atoms with Gasteiger partial charge in [-0.1, -0.05) is 53.7 Å². The molecule has 0 aliphatic carbocycles. The lowest BCUT2D eigenvalue weighted by Crippen LogP contribution is -2.45. The van der Waals surface area contributed by atoms with Gasteiger partial charge in [0, 0.05) is 31.6 Å². The Bertz CT molecular complexity index is 881. The standard InChI is InChI=1S/C22H26N4O2/c1-27-20-10-6-5-9-18(20)19-15-23-13-14-26(19)16-22-24-21(25-28-22)12-11-17-7-3-2-4-8-17/h2-10,19,23H,11-16H2,1H3. The smallest absolute Gasteiger partial charge is 0.240 e. The summed E-state index contributed by atoms with van der Waals surface area (Å²) in [5.41, 5.74) is 2.47. The van der Waals surface area contributed by atoms with E-state index in [0.29, 0.717) is 12.4 Å². The number of piperazine rings is 1. The number of ether oxygens (including phenoxy) is 1. The summed E-state index contributed by atoms with van der Waals surface area (Å²) in [7, 11) is 1.72. The minimum atomic E-state index is 0.213. The van der Waals surface area contributed by atoms with E-state index in [0.717, 1.165) is 44.0 Å². The number of aryl methyl sites for hydroxylation is 2. The monoisotopic (exact) mass is 378 g/mol. The first-order valence-corrected chi connectivity index (χ1v) is 9.76. The lowest BCUT2D eigenvalue weighted by Gasteiger charge is -2.36. The summed E-state index contributed by atoms with van der Waals surface area (Å²) in [6.45, 7) is 3.38. The zero-order chi connectivity index (χ0) is 19.2. The Morgan fingerprint density at radius 1 is 1.11 bits per heavy atom. The van der Waals surface area contributed by atoms with Gasteiger partial charge in [-0.25, -0.2) is 0 Å². The van der Waals surface area contributed by atoms with Crippen molar-refractivity contribution in [2.75, 3.05) is 26.7 Å². The van der Waals surface area contributed by atoms with Crippen LogP contribution >= 0.6 is 0 Å². The van der Waals surface area contributed by atoms with Gasteiger partial charge < -0.3 is 14.6 Å². The maximum absolute atomic E-state index is 5.57. The number of methoxy groups -OCH3 is 1. The summed E-state index contributed by atoms with van der Waals surface area (Å²) in [4.78, 5) is 7.00. The maximum Gasteiger partial charge on any atom is 0.240 e. The minimum Gasteiger partial charge on any atom is -0.496 e. The molecule has 1 aromatic heterocycles. The van der Waals surface area contributed by atoms with Gasteiger partial charge in [-0.05, 0) is 18.1 Å². The Balaban J connectivity index is 1.43. The molecule has 0 amide bonds. The minimum absolute atomic E-state index is 0.213. The number of rotatable bonds is 7. The van der Waals surface area contributed by atoms with Gasteiger partial charge in [-0.3, -0.25) is 4.90 Å². The Morgan fingerprint density at radius 3 is 2.79 bits per heavy atom. The second-order valence-corrected chi connectivity index (χ2v) is 7.02. The quantitative estimate of drug-likeness (QED) is 0.682. The van der Waals surface area contributed by atoms with Crippen LogP contribution in [0, 0.1) is 0 Å². The Labute approximate surface area is 165 Å². The van der Waals surface area contributed by atoms with E-state index in [1.54, 1.807) is 7.11 Å². The summed E-state index contributed by atoms with van der Waals surface area (Å²) in [6, 6.07) is 18.8. The highest BCUT2D eigenvalue weighted by Crippen LogP contribution is 2.30. The highest BCUT2D eigenvalue weighted by atomic mass is 16.5. The molecule has 146 valence electrons. The molecular weight excluding hydrogens is 352 g/mol. The zero-order valence-electron chi connectivity index (χ0n) is 16.2. The predicted octanol–water partition coefficient (Wildman–Crippen LogP) is 3.01. The van der Waals surface area contributed by atoms with Gasteiger partial charge in [-0.15, -0.1) is 0 Å². The molecule has 0 saturated carbocycles. The number of nitrogens with one attached hydrogen (secondary N) is 1. The first kappa shape index (κ1) is 18.7. The van der Waals surface area contributed by atoms with Crippen LogP contribution in [-0.4, -0.2) is 41.8 Å². The summed E-state index contributed by atoms with van der Waals surface area (Å²) >= 11 is 0. The maximum atomic E-state index is 5.57. The zero-order valence-corrected chi connectivity index (χ0v) is 16.2. The molecule has 2 heterocycles.